The summed E-state index contributed by atoms with van der Waals surface area (Å²) < 4.78 is 0. The first-order valence-electron chi connectivity index (χ1n) is 20.7. The zero-order valence-electron chi connectivity index (χ0n) is 35.1. The Balaban J connectivity index is 0.0000360. The van der Waals surface area contributed by atoms with Crippen molar-refractivity contribution in [1.29, 1.82) is 0 Å². The molecule has 0 aliphatic carbocycles. The zero-order valence-corrected chi connectivity index (χ0v) is 35.9. The topological polar surface area (TPSA) is 312 Å². The van der Waals surface area contributed by atoms with Gasteiger partial charge in [-0.25, -0.2) is 0 Å². The molecule has 0 bridgehead atoms. The summed E-state index contributed by atoms with van der Waals surface area (Å²) in [6.07, 6.45) is -1.83. The highest BCUT2D eigenvalue weighted by atomic mass is 32.2. The number of thioether (sulfide) groups is 1. The standard InChI is InChI=1S/C40H65N5O14S.CH4/c1-5-8-9-27-31(48)16-25(18-37(56)57)33(50)20-42-29(12-15-36(54)55)39(58)45-38(23(4)46)40(59)43-21-34(51)44-28(11-14-35(52)53)32(49)17-26(22-60-7-3)30(47)13-10-24(6-2)19-41-27;/h23-29,38,41-42,46H,5-22H2,1-4H3,(H,43,59)(H,44,51)(H,45,58)(H,52,53)(H,54,55)(H,56,57);1H4/t23-,24?,25+,26?,27?,28+,29+,38+;/m1./s1. The highest BCUT2D eigenvalue weighted by Crippen LogP contribution is 2.22. The summed E-state index contributed by atoms with van der Waals surface area (Å²) in [6.45, 7) is 5.81. The molecule has 61 heavy (non-hydrogen) atoms. The largest absolute Gasteiger partial charge is 0.481 e. The molecule has 20 heteroatoms. The Morgan fingerprint density at radius 1 is 0.721 bits per heavy atom. The number of aliphatic hydroxyl groups excluding tert-OH is 1. The molecular formula is C41H69N5O14S. The van der Waals surface area contributed by atoms with Gasteiger partial charge >= 0.3 is 17.9 Å². The fourth-order valence-corrected chi connectivity index (χ4v) is 7.45. The number of unbranched alkanes of at least 4 members (excludes halogenated alkanes) is 1. The van der Waals surface area contributed by atoms with Crippen molar-refractivity contribution in [3.05, 3.63) is 0 Å². The number of carbonyl (C=O) groups is 10. The van der Waals surface area contributed by atoms with Crippen molar-refractivity contribution in [2.45, 2.75) is 149 Å². The second-order valence-electron chi connectivity index (χ2n) is 15.2. The van der Waals surface area contributed by atoms with Crippen molar-refractivity contribution >= 4 is 70.5 Å². The van der Waals surface area contributed by atoms with Crippen LogP contribution in [0.1, 0.15) is 119 Å². The molecule has 0 saturated carbocycles. The van der Waals surface area contributed by atoms with Gasteiger partial charge in [-0.3, -0.25) is 53.3 Å². The SMILES string of the molecule is C.CCCCC1NCC(CC)CCC(=O)C(CSCC)CC(=O)[C@H](CCC(=O)O)NC(=O)CNC(=O)[C@H]([C@@H](C)O)NC(=O)[C@H](CCC(=O)O)NCC(=O)[C@H](CC(=O)O)CC1=O. The number of nitrogens with one attached hydrogen (secondary N) is 5. The summed E-state index contributed by atoms with van der Waals surface area (Å²) in [6, 6.07) is -5.22. The van der Waals surface area contributed by atoms with Crippen LogP contribution in [-0.4, -0.2) is 141 Å². The smallest absolute Gasteiger partial charge is 0.304 e. The van der Waals surface area contributed by atoms with Crippen molar-refractivity contribution in [3.8, 4) is 0 Å². The van der Waals surface area contributed by atoms with Crippen molar-refractivity contribution in [1.82, 2.24) is 26.6 Å². The molecule has 1 saturated heterocycles. The van der Waals surface area contributed by atoms with Crippen molar-refractivity contribution < 1.29 is 68.4 Å². The number of Topliss-reactive ketones (excluding diaryl/α,β-unsaturated/α-hetero) is 4. The molecule has 19 nitrogen and oxygen atoms in total. The summed E-state index contributed by atoms with van der Waals surface area (Å²) in [5, 5.41) is 51.6. The summed E-state index contributed by atoms with van der Waals surface area (Å²) in [5.74, 6) is -9.94. The van der Waals surface area contributed by atoms with E-state index in [1.165, 1.54) is 11.8 Å². The van der Waals surface area contributed by atoms with Gasteiger partial charge in [-0.15, -0.1) is 0 Å². The molecule has 1 fully saturated rings. The van der Waals surface area contributed by atoms with Crippen LogP contribution in [-0.2, 0) is 47.9 Å². The van der Waals surface area contributed by atoms with Gasteiger partial charge in [0.1, 0.15) is 17.6 Å². The Morgan fingerprint density at radius 2 is 1.33 bits per heavy atom. The number of hydrogen-bond acceptors (Lipinski definition) is 14. The van der Waals surface area contributed by atoms with Crippen LogP contribution in [0, 0.1) is 17.8 Å². The molecule has 1 heterocycles. The van der Waals surface area contributed by atoms with E-state index in [-0.39, 0.29) is 38.4 Å². The summed E-state index contributed by atoms with van der Waals surface area (Å²) >= 11 is 1.44. The van der Waals surface area contributed by atoms with Gasteiger partial charge in [0.25, 0.3) is 0 Å². The van der Waals surface area contributed by atoms with Gasteiger partial charge in [0.05, 0.1) is 43.7 Å². The number of hydrogen-bond donors (Lipinski definition) is 9. The van der Waals surface area contributed by atoms with Gasteiger partial charge < -0.3 is 41.7 Å². The molecular weight excluding hydrogens is 819 g/mol. The van der Waals surface area contributed by atoms with Gasteiger partial charge in [0.2, 0.25) is 17.7 Å². The number of carboxylic acids is 3. The number of rotatable bonds is 16. The van der Waals surface area contributed by atoms with E-state index in [1.54, 1.807) is 0 Å². The first-order valence-corrected chi connectivity index (χ1v) is 21.8. The van der Waals surface area contributed by atoms with Gasteiger partial charge in [0, 0.05) is 49.7 Å². The molecule has 9 N–H and O–H groups in total. The normalized spacial score (nSPS) is 25.7. The third-order valence-electron chi connectivity index (χ3n) is 10.4. The van der Waals surface area contributed by atoms with Crippen molar-refractivity contribution in [2.24, 2.45) is 17.8 Å². The predicted molar refractivity (Wildman–Crippen MR) is 227 cm³/mol. The summed E-state index contributed by atoms with van der Waals surface area (Å²) in [7, 11) is 0. The van der Waals surface area contributed by atoms with E-state index in [4.69, 9.17) is 0 Å². The van der Waals surface area contributed by atoms with E-state index in [1.807, 2.05) is 20.8 Å². The van der Waals surface area contributed by atoms with Crippen LogP contribution in [0.2, 0.25) is 0 Å². The minimum Gasteiger partial charge on any atom is -0.481 e. The molecule has 0 aromatic heterocycles. The van der Waals surface area contributed by atoms with Crippen LogP contribution in [0.5, 0.6) is 0 Å². The van der Waals surface area contributed by atoms with Crippen LogP contribution < -0.4 is 26.6 Å². The number of carbonyl (C=O) groups excluding carboxylic acids is 7. The highest BCUT2D eigenvalue weighted by molar-refractivity contribution is 7.99. The lowest BCUT2D eigenvalue weighted by atomic mass is 9.88. The lowest BCUT2D eigenvalue weighted by molar-refractivity contribution is -0.141. The Bertz CT molecular complexity index is 1490. The number of carboxylic acid groups (broad SMARTS) is 3. The van der Waals surface area contributed by atoms with E-state index < -0.39 is 140 Å². The van der Waals surface area contributed by atoms with Crippen LogP contribution in [0.4, 0.5) is 0 Å². The lowest BCUT2D eigenvalue weighted by Crippen LogP contribution is -2.58. The lowest BCUT2D eigenvalue weighted by Gasteiger charge is -2.26. The van der Waals surface area contributed by atoms with E-state index in [0.717, 1.165) is 13.3 Å². The zero-order chi connectivity index (χ0) is 45.4. The van der Waals surface area contributed by atoms with E-state index >= 15 is 0 Å². The van der Waals surface area contributed by atoms with Crippen molar-refractivity contribution in [3.63, 3.8) is 0 Å². The van der Waals surface area contributed by atoms with Crippen LogP contribution in [0.3, 0.4) is 0 Å². The second-order valence-corrected chi connectivity index (χ2v) is 16.5. The molecule has 0 aromatic carbocycles. The van der Waals surface area contributed by atoms with E-state index in [9.17, 15) is 68.4 Å². The quantitative estimate of drug-likeness (QED) is 0.105. The molecule has 0 aromatic rings. The van der Waals surface area contributed by atoms with E-state index in [2.05, 4.69) is 26.6 Å². The number of ketones is 4. The molecule has 1 rings (SSSR count). The minimum absolute atomic E-state index is 0. The Hall–Kier alpha value is -4.27. The Kier molecular flexibility index (Phi) is 28.6. The third-order valence-corrected chi connectivity index (χ3v) is 11.4. The first-order chi connectivity index (χ1) is 28.3. The van der Waals surface area contributed by atoms with Crippen LogP contribution in [0.25, 0.3) is 0 Å². The molecule has 3 unspecified atom stereocenters. The summed E-state index contributed by atoms with van der Waals surface area (Å²) in [4.78, 5) is 129. The third kappa shape index (κ3) is 22.9. The monoisotopic (exact) mass is 887 g/mol. The minimum atomic E-state index is -1.71. The fraction of sp³-hybridized carbons (Fsp3) is 0.756. The van der Waals surface area contributed by atoms with Gasteiger partial charge in [-0.05, 0) is 50.8 Å². The molecule has 8 atom stereocenters. The number of amides is 3. The molecule has 1 aliphatic heterocycles. The Morgan fingerprint density at radius 3 is 1.89 bits per heavy atom. The second kappa shape index (κ2) is 30.7. The molecule has 1 aliphatic rings. The van der Waals surface area contributed by atoms with Crippen molar-refractivity contribution in [2.75, 3.05) is 31.1 Å². The first kappa shape index (κ1) is 56.7. The maximum absolute atomic E-state index is 13.7. The average Bonchev–Trinajstić information content (AvgIpc) is 3.18. The van der Waals surface area contributed by atoms with Gasteiger partial charge in [0.15, 0.2) is 11.6 Å². The number of aliphatic hydroxyl groups is 1. The predicted octanol–water partition coefficient (Wildman–Crippen LogP) is 1.26. The fourth-order valence-electron chi connectivity index (χ4n) is 6.63. The van der Waals surface area contributed by atoms with Gasteiger partial charge in [-0.2, -0.15) is 11.8 Å². The maximum atomic E-state index is 13.7. The molecule has 0 radical (unpaired) electrons. The molecule has 0 spiro atoms. The maximum Gasteiger partial charge on any atom is 0.304 e. The Labute approximate surface area is 362 Å². The molecule has 3 amide bonds. The van der Waals surface area contributed by atoms with E-state index in [0.29, 0.717) is 43.7 Å². The average molecular weight is 888 g/mol. The highest BCUT2D eigenvalue weighted by Gasteiger charge is 2.33. The summed E-state index contributed by atoms with van der Waals surface area (Å²) in [5.41, 5.74) is 0. The van der Waals surface area contributed by atoms with Crippen LogP contribution in [0.15, 0.2) is 0 Å². The van der Waals surface area contributed by atoms with Crippen LogP contribution >= 0.6 is 11.8 Å². The number of aliphatic carboxylic acids is 3. The molecule has 348 valence electrons. The van der Waals surface area contributed by atoms with Gasteiger partial charge in [-0.1, -0.05) is 47.5 Å².